The van der Waals surface area contributed by atoms with E-state index in [0.29, 0.717) is 0 Å². The lowest BCUT2D eigenvalue weighted by atomic mass is 9.92. The number of halogens is 1. The number of hydrogen-bond acceptors (Lipinski definition) is 4. The van der Waals surface area contributed by atoms with E-state index in [9.17, 15) is 14.0 Å². The Hall–Kier alpha value is -2.93. The van der Waals surface area contributed by atoms with Crippen molar-refractivity contribution in [1.29, 1.82) is 0 Å². The minimum absolute atomic E-state index is 0.232. The first-order valence-corrected chi connectivity index (χ1v) is 9.40. The van der Waals surface area contributed by atoms with Gasteiger partial charge < -0.3 is 10.2 Å². The number of imide groups is 1. The zero-order chi connectivity index (χ0) is 19.7. The lowest BCUT2D eigenvalue weighted by Gasteiger charge is -2.37. The first kappa shape index (κ1) is 18.4. The van der Waals surface area contributed by atoms with Crippen molar-refractivity contribution in [1.82, 2.24) is 15.1 Å². The van der Waals surface area contributed by atoms with Crippen LogP contribution in [0.4, 0.5) is 14.9 Å². The van der Waals surface area contributed by atoms with Crippen LogP contribution >= 0.6 is 0 Å². The average molecular weight is 382 g/mol. The third kappa shape index (κ3) is 3.33. The molecule has 2 saturated heterocycles. The molecule has 1 N–H and O–H groups in total. The highest BCUT2D eigenvalue weighted by Crippen LogP contribution is 2.29. The maximum Gasteiger partial charge on any atom is 0.326 e. The van der Waals surface area contributed by atoms with E-state index >= 15 is 0 Å². The lowest BCUT2D eigenvalue weighted by molar-refractivity contribution is -0.132. The molecule has 6 nitrogen and oxygen atoms in total. The smallest absolute Gasteiger partial charge is 0.326 e. The van der Waals surface area contributed by atoms with E-state index in [0.717, 1.165) is 37.4 Å². The van der Waals surface area contributed by atoms with Gasteiger partial charge in [0.2, 0.25) is 0 Å². The number of nitrogens with zero attached hydrogens (tertiary/aromatic N) is 3. The third-order valence-corrected chi connectivity index (χ3v) is 5.53. The summed E-state index contributed by atoms with van der Waals surface area (Å²) >= 11 is 0. The lowest BCUT2D eigenvalue weighted by Crippen LogP contribution is -2.51. The van der Waals surface area contributed by atoms with Crippen molar-refractivity contribution >= 4 is 17.6 Å². The minimum Gasteiger partial charge on any atom is -0.369 e. The second-order valence-corrected chi connectivity index (χ2v) is 7.38. The number of benzene rings is 2. The van der Waals surface area contributed by atoms with Crippen molar-refractivity contribution in [3.05, 3.63) is 66.0 Å². The van der Waals surface area contributed by atoms with Crippen LogP contribution in [0.25, 0.3) is 0 Å². The van der Waals surface area contributed by atoms with Crippen molar-refractivity contribution in [3.63, 3.8) is 0 Å². The normalized spacial score (nSPS) is 23.2. The Bertz CT molecular complexity index is 866. The van der Waals surface area contributed by atoms with Crippen LogP contribution in [0.15, 0.2) is 54.6 Å². The molecule has 0 unspecified atom stereocenters. The molecular formula is C21H23FN4O2. The number of nitrogens with one attached hydrogen (secondary N) is 1. The molecular weight excluding hydrogens is 359 g/mol. The summed E-state index contributed by atoms with van der Waals surface area (Å²) in [4.78, 5) is 31.0. The van der Waals surface area contributed by atoms with Crippen LogP contribution in [0.2, 0.25) is 0 Å². The van der Waals surface area contributed by atoms with Gasteiger partial charge in [0.05, 0.1) is 6.67 Å². The van der Waals surface area contributed by atoms with E-state index in [2.05, 4.69) is 15.1 Å². The molecule has 2 aromatic rings. The Kier molecular flexibility index (Phi) is 4.77. The van der Waals surface area contributed by atoms with Crippen molar-refractivity contribution in [2.24, 2.45) is 0 Å². The Morgan fingerprint density at radius 2 is 1.61 bits per heavy atom. The van der Waals surface area contributed by atoms with Crippen molar-refractivity contribution in [2.75, 3.05) is 37.7 Å². The minimum atomic E-state index is -1.03. The molecule has 28 heavy (non-hydrogen) atoms. The number of anilines is 1. The van der Waals surface area contributed by atoms with Gasteiger partial charge in [0.1, 0.15) is 11.4 Å². The standard InChI is InChI=1S/C21H23FN4O2/c1-21(16-5-3-2-4-6-16)19(27)26(20(28)23-21)15-24-11-13-25(14-12-24)18-9-7-17(22)8-10-18/h2-10H,11-15H2,1H3,(H,23,28)/t21-/m1/s1. The molecule has 0 aromatic heterocycles. The largest absolute Gasteiger partial charge is 0.369 e. The second kappa shape index (κ2) is 7.24. The Labute approximate surface area is 163 Å². The maximum absolute atomic E-state index is 13.1. The second-order valence-electron chi connectivity index (χ2n) is 7.38. The fourth-order valence-corrected chi connectivity index (χ4v) is 3.79. The molecule has 2 aromatic carbocycles. The van der Waals surface area contributed by atoms with Gasteiger partial charge in [-0.25, -0.2) is 14.1 Å². The Morgan fingerprint density at radius 3 is 2.25 bits per heavy atom. The summed E-state index contributed by atoms with van der Waals surface area (Å²) in [5, 5.41) is 2.84. The summed E-state index contributed by atoms with van der Waals surface area (Å²) in [5.74, 6) is -0.480. The number of piperazine rings is 1. The first-order valence-electron chi connectivity index (χ1n) is 9.40. The van der Waals surface area contributed by atoms with Gasteiger partial charge in [-0.1, -0.05) is 30.3 Å². The molecule has 0 bridgehead atoms. The van der Waals surface area contributed by atoms with Crippen molar-refractivity contribution in [2.45, 2.75) is 12.5 Å². The van der Waals surface area contributed by atoms with Gasteiger partial charge in [0.15, 0.2) is 0 Å². The van der Waals surface area contributed by atoms with Crippen molar-refractivity contribution in [3.8, 4) is 0 Å². The molecule has 2 aliphatic rings. The van der Waals surface area contributed by atoms with E-state index in [4.69, 9.17) is 0 Å². The van der Waals surface area contributed by atoms with Gasteiger partial charge in [-0.2, -0.15) is 0 Å². The molecule has 146 valence electrons. The van der Waals surface area contributed by atoms with E-state index in [1.807, 2.05) is 30.3 Å². The predicted molar refractivity (Wildman–Crippen MR) is 104 cm³/mol. The monoisotopic (exact) mass is 382 g/mol. The summed E-state index contributed by atoms with van der Waals surface area (Å²) < 4.78 is 13.1. The molecule has 0 aliphatic carbocycles. The van der Waals surface area contributed by atoms with E-state index in [1.54, 1.807) is 19.1 Å². The van der Waals surface area contributed by atoms with Gasteiger partial charge in [-0.05, 0) is 36.8 Å². The molecule has 7 heteroatoms. The topological polar surface area (TPSA) is 55.9 Å². The molecule has 3 amide bonds. The van der Waals surface area contributed by atoms with E-state index < -0.39 is 5.54 Å². The number of carbonyl (C=O) groups excluding carboxylic acids is 2. The Balaban J connectivity index is 1.39. The highest BCUT2D eigenvalue weighted by atomic mass is 19.1. The van der Waals surface area contributed by atoms with Gasteiger partial charge in [-0.15, -0.1) is 0 Å². The van der Waals surface area contributed by atoms with Gasteiger partial charge in [0, 0.05) is 31.9 Å². The quantitative estimate of drug-likeness (QED) is 0.825. The van der Waals surface area contributed by atoms with Gasteiger partial charge in [-0.3, -0.25) is 9.69 Å². The molecule has 2 fully saturated rings. The maximum atomic E-state index is 13.1. The summed E-state index contributed by atoms with van der Waals surface area (Å²) in [6, 6.07) is 15.4. The molecule has 0 radical (unpaired) electrons. The molecule has 0 spiro atoms. The zero-order valence-corrected chi connectivity index (χ0v) is 15.8. The van der Waals surface area contributed by atoms with Crippen LogP contribution in [-0.2, 0) is 10.3 Å². The first-order chi connectivity index (χ1) is 13.5. The van der Waals surface area contributed by atoms with Crippen molar-refractivity contribution < 1.29 is 14.0 Å². The Morgan fingerprint density at radius 1 is 0.964 bits per heavy atom. The number of carbonyl (C=O) groups is 2. The number of rotatable bonds is 4. The van der Waals surface area contributed by atoms with Crippen LogP contribution in [0.5, 0.6) is 0 Å². The summed E-state index contributed by atoms with van der Waals surface area (Å²) in [5.41, 5.74) is 0.721. The predicted octanol–water partition coefficient (Wildman–Crippen LogP) is 2.37. The highest BCUT2D eigenvalue weighted by Gasteiger charge is 2.49. The molecule has 2 aliphatic heterocycles. The highest BCUT2D eigenvalue weighted by molar-refractivity contribution is 6.07. The van der Waals surface area contributed by atoms with Crippen LogP contribution < -0.4 is 10.2 Å². The SMILES string of the molecule is C[C@]1(c2ccccc2)NC(=O)N(CN2CCN(c3ccc(F)cc3)CC2)C1=O. The molecule has 2 heterocycles. The summed E-state index contributed by atoms with van der Waals surface area (Å²) in [6.07, 6.45) is 0. The van der Waals surface area contributed by atoms with Crippen LogP contribution in [0, 0.1) is 5.82 Å². The molecule has 4 rings (SSSR count). The van der Waals surface area contributed by atoms with E-state index in [1.165, 1.54) is 17.0 Å². The average Bonchev–Trinajstić information content (AvgIpc) is 2.94. The zero-order valence-electron chi connectivity index (χ0n) is 15.8. The summed E-state index contributed by atoms with van der Waals surface area (Å²) in [6.45, 7) is 4.96. The number of urea groups is 1. The van der Waals surface area contributed by atoms with Crippen LogP contribution in [-0.4, -0.2) is 54.6 Å². The van der Waals surface area contributed by atoms with Gasteiger partial charge in [0.25, 0.3) is 5.91 Å². The van der Waals surface area contributed by atoms with Gasteiger partial charge >= 0.3 is 6.03 Å². The van der Waals surface area contributed by atoms with Crippen LogP contribution in [0.1, 0.15) is 12.5 Å². The number of hydrogen-bond donors (Lipinski definition) is 1. The third-order valence-electron chi connectivity index (χ3n) is 5.53. The molecule has 1 atom stereocenters. The fraction of sp³-hybridized carbons (Fsp3) is 0.333. The van der Waals surface area contributed by atoms with Crippen LogP contribution in [0.3, 0.4) is 0 Å². The molecule has 0 saturated carbocycles. The number of amides is 3. The van der Waals surface area contributed by atoms with E-state index in [-0.39, 0.29) is 24.4 Å². The fourth-order valence-electron chi connectivity index (χ4n) is 3.79. The summed E-state index contributed by atoms with van der Waals surface area (Å²) in [7, 11) is 0.